The van der Waals surface area contributed by atoms with Crippen LogP contribution in [0.5, 0.6) is 5.75 Å². The van der Waals surface area contributed by atoms with Gasteiger partial charge in [0.1, 0.15) is 12.4 Å². The molecule has 0 bridgehead atoms. The van der Waals surface area contributed by atoms with E-state index < -0.39 is 0 Å². The van der Waals surface area contributed by atoms with Gasteiger partial charge in [0, 0.05) is 11.1 Å². The Morgan fingerprint density at radius 3 is 2.74 bits per heavy atom. The molecule has 1 unspecified atom stereocenters. The Kier molecular flexibility index (Phi) is 5.53. The third-order valence-corrected chi connectivity index (χ3v) is 4.39. The average molecular weight is 282 g/mol. The maximum absolute atomic E-state index is 6.02. The van der Waals surface area contributed by atoms with Crippen LogP contribution in [-0.2, 0) is 0 Å². The molecular formula is C16H24ClNO. The van der Waals surface area contributed by atoms with Gasteiger partial charge in [-0.15, -0.1) is 0 Å². The first kappa shape index (κ1) is 14.7. The van der Waals surface area contributed by atoms with Crippen molar-refractivity contribution in [2.45, 2.75) is 45.1 Å². The van der Waals surface area contributed by atoms with Gasteiger partial charge in [-0.25, -0.2) is 0 Å². The van der Waals surface area contributed by atoms with Gasteiger partial charge in [0.2, 0.25) is 0 Å². The fourth-order valence-electron chi connectivity index (χ4n) is 2.90. The van der Waals surface area contributed by atoms with Crippen molar-refractivity contribution in [3.05, 3.63) is 28.8 Å². The highest BCUT2D eigenvalue weighted by Crippen LogP contribution is 2.28. The van der Waals surface area contributed by atoms with E-state index in [0.29, 0.717) is 6.04 Å². The molecule has 1 aliphatic rings. The predicted octanol–water partition coefficient (Wildman–Crippen LogP) is 4.20. The lowest BCUT2D eigenvalue weighted by molar-refractivity contribution is 0.192. The fourth-order valence-corrected chi connectivity index (χ4v) is 3.06. The van der Waals surface area contributed by atoms with E-state index in [-0.39, 0.29) is 0 Å². The molecule has 106 valence electrons. The van der Waals surface area contributed by atoms with Gasteiger partial charge < -0.3 is 10.1 Å². The molecule has 1 aromatic rings. The smallest absolute Gasteiger partial charge is 0.123 e. The van der Waals surface area contributed by atoms with Crippen LogP contribution in [0.15, 0.2) is 18.2 Å². The lowest BCUT2D eigenvalue weighted by Crippen LogP contribution is -2.39. The van der Waals surface area contributed by atoms with E-state index in [1.165, 1.54) is 32.1 Å². The summed E-state index contributed by atoms with van der Waals surface area (Å²) in [4.78, 5) is 0. The normalized spacial score (nSPS) is 18.3. The number of rotatable bonds is 5. The molecule has 1 saturated carbocycles. The van der Waals surface area contributed by atoms with E-state index in [4.69, 9.17) is 16.3 Å². The number of likely N-dealkylation sites (N-methyl/N-ethyl adjacent to an activating group) is 1. The van der Waals surface area contributed by atoms with Crippen molar-refractivity contribution in [2.75, 3.05) is 13.7 Å². The van der Waals surface area contributed by atoms with Crippen LogP contribution >= 0.6 is 11.6 Å². The summed E-state index contributed by atoms with van der Waals surface area (Å²) in [6.45, 7) is 2.78. The van der Waals surface area contributed by atoms with Crippen LogP contribution in [0.25, 0.3) is 0 Å². The average Bonchev–Trinajstić information content (AvgIpc) is 2.44. The third kappa shape index (κ3) is 4.12. The van der Waals surface area contributed by atoms with Crippen LogP contribution in [0.1, 0.15) is 37.7 Å². The number of nitrogens with one attached hydrogen (secondary N) is 1. The summed E-state index contributed by atoms with van der Waals surface area (Å²) in [5, 5.41) is 4.15. The summed E-state index contributed by atoms with van der Waals surface area (Å²) in [6.07, 6.45) is 6.76. The number of benzene rings is 1. The molecule has 2 nitrogen and oxygen atoms in total. The molecule has 0 saturated heterocycles. The molecule has 1 N–H and O–H groups in total. The standard InChI is InChI=1S/C16H24ClNO/c1-12-8-9-14(17)10-16(12)19-11-15(18-2)13-6-4-3-5-7-13/h8-10,13,15,18H,3-7,11H2,1-2H3. The van der Waals surface area contributed by atoms with Crippen molar-refractivity contribution in [2.24, 2.45) is 5.92 Å². The SMILES string of the molecule is CNC(COc1cc(Cl)ccc1C)C1CCCCC1. The Morgan fingerprint density at radius 1 is 1.32 bits per heavy atom. The van der Waals surface area contributed by atoms with Crippen molar-refractivity contribution in [3.8, 4) is 5.75 Å². The molecule has 3 heteroatoms. The first-order valence-electron chi connectivity index (χ1n) is 7.27. The summed E-state index contributed by atoms with van der Waals surface area (Å²) >= 11 is 6.02. The van der Waals surface area contributed by atoms with Crippen LogP contribution in [0, 0.1) is 12.8 Å². The highest BCUT2D eigenvalue weighted by molar-refractivity contribution is 6.30. The summed E-state index contributed by atoms with van der Waals surface area (Å²) in [5.41, 5.74) is 1.14. The summed E-state index contributed by atoms with van der Waals surface area (Å²) in [7, 11) is 2.04. The fraction of sp³-hybridized carbons (Fsp3) is 0.625. The third-order valence-electron chi connectivity index (χ3n) is 4.16. The molecule has 0 radical (unpaired) electrons. The molecule has 19 heavy (non-hydrogen) atoms. The lowest BCUT2D eigenvalue weighted by atomic mass is 9.84. The number of aryl methyl sites for hydroxylation is 1. The molecule has 2 rings (SSSR count). The number of hydrogen-bond donors (Lipinski definition) is 1. The van der Waals surface area contributed by atoms with Crippen molar-refractivity contribution >= 4 is 11.6 Å². The van der Waals surface area contributed by atoms with E-state index in [1.54, 1.807) is 0 Å². The van der Waals surface area contributed by atoms with Gasteiger partial charge in [0.25, 0.3) is 0 Å². The van der Waals surface area contributed by atoms with Crippen molar-refractivity contribution in [3.63, 3.8) is 0 Å². The maximum atomic E-state index is 6.02. The van der Waals surface area contributed by atoms with Crippen molar-refractivity contribution in [1.82, 2.24) is 5.32 Å². The summed E-state index contributed by atoms with van der Waals surface area (Å²) < 4.78 is 5.98. The Balaban J connectivity index is 1.93. The lowest BCUT2D eigenvalue weighted by Gasteiger charge is -2.30. The summed E-state index contributed by atoms with van der Waals surface area (Å²) in [6, 6.07) is 6.26. The quantitative estimate of drug-likeness (QED) is 0.873. The van der Waals surface area contributed by atoms with Crippen molar-refractivity contribution < 1.29 is 4.74 Å². The Bertz CT molecular complexity index is 402. The monoisotopic (exact) mass is 281 g/mol. The molecule has 0 spiro atoms. The number of ether oxygens (including phenoxy) is 1. The molecular weight excluding hydrogens is 258 g/mol. The second-order valence-corrected chi connectivity index (χ2v) is 5.95. The largest absolute Gasteiger partial charge is 0.492 e. The minimum Gasteiger partial charge on any atom is -0.492 e. The number of halogens is 1. The highest BCUT2D eigenvalue weighted by atomic mass is 35.5. The molecule has 0 heterocycles. The minimum atomic E-state index is 0.443. The Morgan fingerprint density at radius 2 is 2.05 bits per heavy atom. The van der Waals surface area contributed by atoms with E-state index in [0.717, 1.165) is 28.9 Å². The van der Waals surface area contributed by atoms with Crippen LogP contribution in [-0.4, -0.2) is 19.7 Å². The van der Waals surface area contributed by atoms with Gasteiger partial charge in [-0.2, -0.15) is 0 Å². The van der Waals surface area contributed by atoms with Gasteiger partial charge in [-0.05, 0) is 50.4 Å². The van der Waals surface area contributed by atoms with Crippen LogP contribution in [0.2, 0.25) is 5.02 Å². The van der Waals surface area contributed by atoms with Gasteiger partial charge in [-0.1, -0.05) is 36.9 Å². The van der Waals surface area contributed by atoms with Gasteiger partial charge in [0.15, 0.2) is 0 Å². The van der Waals surface area contributed by atoms with Gasteiger partial charge in [-0.3, -0.25) is 0 Å². The zero-order chi connectivity index (χ0) is 13.7. The maximum Gasteiger partial charge on any atom is 0.123 e. The second kappa shape index (κ2) is 7.16. The Hall–Kier alpha value is -0.730. The summed E-state index contributed by atoms with van der Waals surface area (Å²) in [5.74, 6) is 1.65. The molecule has 1 aliphatic carbocycles. The molecule has 0 aliphatic heterocycles. The van der Waals surface area contributed by atoms with Crippen LogP contribution < -0.4 is 10.1 Å². The molecule has 1 fully saturated rings. The van der Waals surface area contributed by atoms with Crippen LogP contribution in [0.4, 0.5) is 0 Å². The zero-order valence-corrected chi connectivity index (χ0v) is 12.7. The molecule has 1 aromatic carbocycles. The van der Waals surface area contributed by atoms with E-state index >= 15 is 0 Å². The van der Waals surface area contributed by atoms with Crippen LogP contribution in [0.3, 0.4) is 0 Å². The minimum absolute atomic E-state index is 0.443. The first-order valence-corrected chi connectivity index (χ1v) is 7.64. The van der Waals surface area contributed by atoms with E-state index in [2.05, 4.69) is 12.2 Å². The molecule has 0 aromatic heterocycles. The molecule has 0 amide bonds. The van der Waals surface area contributed by atoms with E-state index in [1.807, 2.05) is 25.2 Å². The highest BCUT2D eigenvalue weighted by Gasteiger charge is 2.23. The van der Waals surface area contributed by atoms with E-state index in [9.17, 15) is 0 Å². The predicted molar refractivity (Wildman–Crippen MR) is 81.1 cm³/mol. The Labute approximate surface area is 121 Å². The topological polar surface area (TPSA) is 21.3 Å². The second-order valence-electron chi connectivity index (χ2n) is 5.51. The zero-order valence-electron chi connectivity index (χ0n) is 11.9. The first-order chi connectivity index (χ1) is 9.20. The molecule has 1 atom stereocenters. The van der Waals surface area contributed by atoms with Crippen molar-refractivity contribution in [1.29, 1.82) is 0 Å². The van der Waals surface area contributed by atoms with Gasteiger partial charge >= 0.3 is 0 Å². The van der Waals surface area contributed by atoms with Gasteiger partial charge in [0.05, 0.1) is 0 Å². The number of hydrogen-bond acceptors (Lipinski definition) is 2.